The number of halogens is 1. The lowest BCUT2D eigenvalue weighted by atomic mass is 10.0. The van der Waals surface area contributed by atoms with E-state index in [9.17, 15) is 14.0 Å². The highest BCUT2D eigenvalue weighted by molar-refractivity contribution is 7.03. The standard InChI is InChI=1S/C23H23FN4O2S/c1-15-10-12-17(13-11-15)28(23(30)20-14-31-27-26-20)21(18-8-4-5-9-19(18)24)22(29)25-16-6-2-3-7-16/h4-5,8-14,16,21H,2-3,6-7H2,1H3,(H,25,29)/t21-/m0/s1. The third kappa shape index (κ3) is 4.64. The fourth-order valence-electron chi connectivity index (χ4n) is 3.91. The lowest BCUT2D eigenvalue weighted by molar-refractivity contribution is -0.123. The van der Waals surface area contributed by atoms with Gasteiger partial charge in [-0.2, -0.15) is 0 Å². The van der Waals surface area contributed by atoms with Gasteiger partial charge in [-0.05, 0) is 49.5 Å². The molecule has 1 saturated carbocycles. The van der Waals surface area contributed by atoms with E-state index in [0.29, 0.717) is 5.69 Å². The average molecular weight is 439 g/mol. The number of nitrogens with zero attached hydrogens (tertiary/aromatic N) is 3. The summed E-state index contributed by atoms with van der Waals surface area (Å²) in [6.07, 6.45) is 3.84. The Bertz CT molecular complexity index is 1050. The fraction of sp³-hybridized carbons (Fsp3) is 0.304. The molecule has 0 bridgehead atoms. The van der Waals surface area contributed by atoms with Gasteiger partial charge in [0.2, 0.25) is 5.91 Å². The SMILES string of the molecule is Cc1ccc(N(C(=O)c2csnn2)[C@H](C(=O)NC2CCCC2)c2ccccc2F)cc1. The van der Waals surface area contributed by atoms with Crippen molar-refractivity contribution in [2.24, 2.45) is 0 Å². The molecule has 1 heterocycles. The smallest absolute Gasteiger partial charge is 0.280 e. The Labute approximate surface area is 184 Å². The number of carbonyl (C=O) groups excluding carboxylic acids is 2. The lowest BCUT2D eigenvalue weighted by Crippen LogP contribution is -2.46. The van der Waals surface area contributed by atoms with Gasteiger partial charge >= 0.3 is 0 Å². The van der Waals surface area contributed by atoms with Crippen molar-refractivity contribution in [3.05, 3.63) is 76.5 Å². The molecule has 1 atom stereocenters. The lowest BCUT2D eigenvalue weighted by Gasteiger charge is -2.32. The Kier molecular flexibility index (Phi) is 6.36. The predicted octanol–water partition coefficient (Wildman–Crippen LogP) is 4.43. The zero-order chi connectivity index (χ0) is 21.8. The van der Waals surface area contributed by atoms with E-state index in [2.05, 4.69) is 14.9 Å². The predicted molar refractivity (Wildman–Crippen MR) is 117 cm³/mol. The molecule has 31 heavy (non-hydrogen) atoms. The van der Waals surface area contributed by atoms with Gasteiger partial charge in [0.15, 0.2) is 5.69 Å². The number of rotatable bonds is 6. The van der Waals surface area contributed by atoms with Crippen molar-refractivity contribution in [1.82, 2.24) is 14.9 Å². The number of anilines is 1. The molecular formula is C23H23FN4O2S. The summed E-state index contributed by atoms with van der Waals surface area (Å²) in [5.41, 5.74) is 1.73. The third-order valence-electron chi connectivity index (χ3n) is 5.52. The largest absolute Gasteiger partial charge is 0.351 e. The first-order chi connectivity index (χ1) is 15.0. The van der Waals surface area contributed by atoms with Crippen LogP contribution in [-0.2, 0) is 4.79 Å². The Morgan fingerprint density at radius 1 is 1.13 bits per heavy atom. The van der Waals surface area contributed by atoms with Gasteiger partial charge < -0.3 is 5.32 Å². The molecular weight excluding hydrogens is 415 g/mol. The van der Waals surface area contributed by atoms with E-state index >= 15 is 0 Å². The van der Waals surface area contributed by atoms with Gasteiger partial charge in [0, 0.05) is 22.7 Å². The summed E-state index contributed by atoms with van der Waals surface area (Å²) in [6.45, 7) is 1.93. The summed E-state index contributed by atoms with van der Waals surface area (Å²) in [7, 11) is 0. The minimum absolute atomic E-state index is 0.0256. The molecule has 160 valence electrons. The fourth-order valence-corrected chi connectivity index (χ4v) is 4.34. The molecule has 3 aromatic rings. The molecule has 1 aliphatic rings. The number of amides is 2. The van der Waals surface area contributed by atoms with E-state index in [1.807, 2.05) is 19.1 Å². The van der Waals surface area contributed by atoms with E-state index in [4.69, 9.17) is 0 Å². The van der Waals surface area contributed by atoms with Crippen molar-refractivity contribution < 1.29 is 14.0 Å². The number of aryl methyl sites for hydroxylation is 1. The van der Waals surface area contributed by atoms with Crippen molar-refractivity contribution >= 4 is 29.0 Å². The molecule has 0 saturated heterocycles. The van der Waals surface area contributed by atoms with Crippen molar-refractivity contribution in [2.45, 2.75) is 44.7 Å². The molecule has 1 fully saturated rings. The minimum atomic E-state index is -1.18. The van der Waals surface area contributed by atoms with Crippen LogP contribution in [0.1, 0.15) is 53.3 Å². The van der Waals surface area contributed by atoms with E-state index < -0.39 is 23.7 Å². The summed E-state index contributed by atoms with van der Waals surface area (Å²) < 4.78 is 18.7. The van der Waals surface area contributed by atoms with Gasteiger partial charge in [0.05, 0.1) is 0 Å². The number of hydrogen-bond donors (Lipinski definition) is 1. The minimum Gasteiger partial charge on any atom is -0.351 e. The van der Waals surface area contributed by atoms with Crippen LogP contribution >= 0.6 is 11.5 Å². The molecule has 1 aromatic heterocycles. The molecule has 8 heteroatoms. The van der Waals surface area contributed by atoms with E-state index in [1.165, 1.54) is 16.3 Å². The van der Waals surface area contributed by atoms with Crippen LogP contribution in [0.3, 0.4) is 0 Å². The van der Waals surface area contributed by atoms with Gasteiger partial charge in [-0.15, -0.1) is 5.10 Å². The normalized spacial score (nSPS) is 14.9. The second kappa shape index (κ2) is 9.34. The Hall–Kier alpha value is -3.13. The van der Waals surface area contributed by atoms with Crippen molar-refractivity contribution in [3.63, 3.8) is 0 Å². The first kappa shape index (κ1) is 21.1. The maximum atomic E-state index is 14.9. The maximum Gasteiger partial charge on any atom is 0.280 e. The second-order valence-corrected chi connectivity index (χ2v) is 8.32. The van der Waals surface area contributed by atoms with Crippen molar-refractivity contribution in [3.8, 4) is 0 Å². The summed E-state index contributed by atoms with van der Waals surface area (Å²) in [5.74, 6) is -1.46. The Morgan fingerprint density at radius 3 is 2.48 bits per heavy atom. The monoisotopic (exact) mass is 438 g/mol. The van der Waals surface area contributed by atoms with Crippen LogP contribution in [0, 0.1) is 12.7 Å². The highest BCUT2D eigenvalue weighted by atomic mass is 32.1. The molecule has 2 aromatic carbocycles. The highest BCUT2D eigenvalue weighted by Gasteiger charge is 2.37. The molecule has 1 N–H and O–H groups in total. The molecule has 0 spiro atoms. The zero-order valence-corrected chi connectivity index (χ0v) is 17.9. The zero-order valence-electron chi connectivity index (χ0n) is 17.1. The first-order valence-electron chi connectivity index (χ1n) is 10.3. The molecule has 0 radical (unpaired) electrons. The molecule has 2 amide bonds. The van der Waals surface area contributed by atoms with Gasteiger partial charge in [-0.25, -0.2) is 4.39 Å². The average Bonchev–Trinajstić information content (AvgIpc) is 3.47. The van der Waals surface area contributed by atoms with Crippen LogP contribution in [-0.4, -0.2) is 27.4 Å². The van der Waals surface area contributed by atoms with E-state index in [1.54, 1.807) is 30.3 Å². The number of nitrogens with one attached hydrogen (secondary N) is 1. The summed E-state index contributed by atoms with van der Waals surface area (Å²) in [5, 5.41) is 8.45. The molecule has 6 nitrogen and oxygen atoms in total. The Morgan fingerprint density at radius 2 is 1.84 bits per heavy atom. The molecule has 4 rings (SSSR count). The summed E-state index contributed by atoms with van der Waals surface area (Å²) in [6, 6.07) is 12.1. The Balaban J connectivity index is 1.82. The highest BCUT2D eigenvalue weighted by Crippen LogP contribution is 2.32. The summed E-state index contributed by atoms with van der Waals surface area (Å²) in [4.78, 5) is 28.3. The van der Waals surface area contributed by atoms with Gasteiger partial charge in [-0.3, -0.25) is 14.5 Å². The van der Waals surface area contributed by atoms with Crippen LogP contribution in [0.5, 0.6) is 0 Å². The van der Waals surface area contributed by atoms with Crippen LogP contribution < -0.4 is 10.2 Å². The molecule has 0 unspecified atom stereocenters. The molecule has 1 aliphatic carbocycles. The van der Waals surface area contributed by atoms with Gasteiger partial charge in [0.25, 0.3) is 5.91 Å². The van der Waals surface area contributed by atoms with Crippen LogP contribution in [0.2, 0.25) is 0 Å². The first-order valence-corrected chi connectivity index (χ1v) is 11.1. The number of carbonyl (C=O) groups is 2. The topological polar surface area (TPSA) is 75.2 Å². The van der Waals surface area contributed by atoms with Gasteiger partial charge in [-0.1, -0.05) is 53.2 Å². The van der Waals surface area contributed by atoms with Crippen LogP contribution in [0.25, 0.3) is 0 Å². The number of benzene rings is 2. The van der Waals surface area contributed by atoms with Crippen molar-refractivity contribution in [1.29, 1.82) is 0 Å². The van der Waals surface area contributed by atoms with Gasteiger partial charge in [0.1, 0.15) is 11.9 Å². The number of aromatic nitrogens is 2. The molecule has 0 aliphatic heterocycles. The quantitative estimate of drug-likeness (QED) is 0.618. The second-order valence-electron chi connectivity index (χ2n) is 7.71. The number of hydrogen-bond acceptors (Lipinski definition) is 5. The van der Waals surface area contributed by atoms with E-state index in [-0.39, 0.29) is 17.3 Å². The summed E-state index contributed by atoms with van der Waals surface area (Å²) >= 11 is 1.04. The van der Waals surface area contributed by atoms with Crippen LogP contribution in [0.4, 0.5) is 10.1 Å². The third-order valence-corrected chi connectivity index (χ3v) is 6.02. The van der Waals surface area contributed by atoms with Crippen molar-refractivity contribution in [2.75, 3.05) is 4.90 Å². The van der Waals surface area contributed by atoms with Crippen LogP contribution in [0.15, 0.2) is 53.9 Å². The maximum absolute atomic E-state index is 14.9. The van der Waals surface area contributed by atoms with E-state index in [0.717, 1.165) is 42.8 Å².